The number of thioether (sulfide) groups is 1. The van der Waals surface area contributed by atoms with Crippen molar-refractivity contribution in [3.8, 4) is 5.75 Å². The van der Waals surface area contributed by atoms with Crippen LogP contribution < -0.4 is 4.74 Å². The first-order chi connectivity index (χ1) is 15.1. The van der Waals surface area contributed by atoms with Crippen molar-refractivity contribution in [3.05, 3.63) is 100 Å². The van der Waals surface area contributed by atoms with E-state index in [2.05, 4.69) is 0 Å². The molecule has 0 saturated carbocycles. The number of amidine groups is 1. The van der Waals surface area contributed by atoms with Crippen LogP contribution in [0.25, 0.3) is 6.08 Å². The molecule has 1 atom stereocenters. The quantitative estimate of drug-likeness (QED) is 0.444. The van der Waals surface area contributed by atoms with Crippen LogP contribution in [-0.2, 0) is 4.79 Å². The van der Waals surface area contributed by atoms with E-state index in [4.69, 9.17) is 9.73 Å². The van der Waals surface area contributed by atoms with Crippen LogP contribution in [0.2, 0.25) is 0 Å². The topological polar surface area (TPSA) is 41.9 Å². The van der Waals surface area contributed by atoms with E-state index in [0.717, 1.165) is 28.1 Å². The second-order valence-corrected chi connectivity index (χ2v) is 8.33. The number of aryl methyl sites for hydroxylation is 1. The summed E-state index contributed by atoms with van der Waals surface area (Å²) in [5.74, 6) is 0.766. The largest absolute Gasteiger partial charge is 0.497 e. The number of carbonyl (C=O) groups excluding carboxylic acids is 1. The van der Waals surface area contributed by atoms with Crippen LogP contribution in [0.5, 0.6) is 5.75 Å². The lowest BCUT2D eigenvalue weighted by molar-refractivity contribution is -0.123. The fourth-order valence-electron chi connectivity index (χ4n) is 3.48. The fourth-order valence-corrected chi connectivity index (χ4v) is 4.54. The van der Waals surface area contributed by atoms with E-state index in [1.54, 1.807) is 12.0 Å². The number of rotatable bonds is 5. The summed E-state index contributed by atoms with van der Waals surface area (Å²) in [6.07, 6.45) is 1.94. The minimum atomic E-state index is -0.133. The number of nitrogens with zero attached hydrogens (tertiary/aromatic N) is 2. The van der Waals surface area contributed by atoms with E-state index in [-0.39, 0.29) is 11.9 Å². The van der Waals surface area contributed by atoms with Crippen molar-refractivity contribution >= 4 is 34.6 Å². The van der Waals surface area contributed by atoms with Gasteiger partial charge in [0.15, 0.2) is 5.17 Å². The first-order valence-corrected chi connectivity index (χ1v) is 10.9. The Morgan fingerprint density at radius 3 is 2.32 bits per heavy atom. The summed E-state index contributed by atoms with van der Waals surface area (Å²) < 4.78 is 5.30. The van der Waals surface area contributed by atoms with Crippen molar-refractivity contribution in [3.63, 3.8) is 0 Å². The van der Waals surface area contributed by atoms with Gasteiger partial charge in [-0.05, 0) is 72.6 Å². The van der Waals surface area contributed by atoms with Crippen molar-refractivity contribution in [2.24, 2.45) is 4.99 Å². The molecule has 0 spiro atoms. The maximum absolute atomic E-state index is 13.5. The summed E-state index contributed by atoms with van der Waals surface area (Å²) in [6, 6.07) is 25.5. The highest BCUT2D eigenvalue weighted by Crippen LogP contribution is 2.39. The summed E-state index contributed by atoms with van der Waals surface area (Å²) in [5.41, 5.74) is 3.94. The van der Waals surface area contributed by atoms with Crippen LogP contribution in [-0.4, -0.2) is 23.1 Å². The average Bonchev–Trinajstić information content (AvgIpc) is 3.10. The third-order valence-corrected chi connectivity index (χ3v) is 6.23. The van der Waals surface area contributed by atoms with Crippen LogP contribution in [0.15, 0.2) is 88.8 Å². The number of carbonyl (C=O) groups is 1. The lowest BCUT2D eigenvalue weighted by Crippen LogP contribution is -2.32. The monoisotopic (exact) mass is 428 g/mol. The summed E-state index contributed by atoms with van der Waals surface area (Å²) in [6.45, 7) is 4.05. The smallest absolute Gasteiger partial charge is 0.267 e. The standard InChI is InChI=1S/C26H24N2O2S/c1-18-16-23(30-3)15-14-21(18)17-24-25(29)28(19(2)20-10-6-4-7-11-20)26(31-24)27-22-12-8-5-9-13-22/h4-17,19H,1-3H3/b24-17+,27-26?/t19-/m0/s1. The molecule has 4 rings (SSSR count). The van der Waals surface area contributed by atoms with Gasteiger partial charge in [-0.1, -0.05) is 54.6 Å². The Hall–Kier alpha value is -3.31. The molecule has 156 valence electrons. The van der Waals surface area contributed by atoms with Crippen molar-refractivity contribution < 1.29 is 9.53 Å². The molecule has 1 heterocycles. The van der Waals surface area contributed by atoms with Crippen molar-refractivity contribution in [1.82, 2.24) is 4.90 Å². The second-order valence-electron chi connectivity index (χ2n) is 7.32. The lowest BCUT2D eigenvalue weighted by atomic mass is 10.1. The minimum absolute atomic E-state index is 0.0359. The van der Waals surface area contributed by atoms with Gasteiger partial charge in [-0.2, -0.15) is 0 Å². The van der Waals surface area contributed by atoms with E-state index in [9.17, 15) is 4.79 Å². The number of hydrogen-bond acceptors (Lipinski definition) is 4. The molecule has 0 aliphatic carbocycles. The fraction of sp³-hybridized carbons (Fsp3) is 0.154. The highest BCUT2D eigenvalue weighted by Gasteiger charge is 2.37. The van der Waals surface area contributed by atoms with E-state index in [1.165, 1.54) is 11.8 Å². The summed E-state index contributed by atoms with van der Waals surface area (Å²) in [4.78, 5) is 20.7. The minimum Gasteiger partial charge on any atom is -0.497 e. The number of aliphatic imine (C=N–C) groups is 1. The third kappa shape index (κ3) is 4.57. The lowest BCUT2D eigenvalue weighted by Gasteiger charge is -2.24. The van der Waals surface area contributed by atoms with E-state index in [0.29, 0.717) is 10.1 Å². The normalized spacial score (nSPS) is 17.4. The number of para-hydroxylation sites is 1. The molecule has 1 aliphatic rings. The van der Waals surface area contributed by atoms with Gasteiger partial charge in [0.05, 0.1) is 23.7 Å². The maximum Gasteiger partial charge on any atom is 0.267 e. The predicted octanol–water partition coefficient (Wildman–Crippen LogP) is 6.37. The first-order valence-electron chi connectivity index (χ1n) is 10.1. The van der Waals surface area contributed by atoms with Gasteiger partial charge in [-0.15, -0.1) is 0 Å². The molecule has 5 heteroatoms. The van der Waals surface area contributed by atoms with Crippen molar-refractivity contribution in [1.29, 1.82) is 0 Å². The zero-order chi connectivity index (χ0) is 21.8. The van der Waals surface area contributed by atoms with Gasteiger partial charge in [-0.3, -0.25) is 9.69 Å². The number of ether oxygens (including phenoxy) is 1. The van der Waals surface area contributed by atoms with Gasteiger partial charge < -0.3 is 4.74 Å². The Morgan fingerprint density at radius 2 is 1.68 bits per heavy atom. The molecule has 0 N–H and O–H groups in total. The maximum atomic E-state index is 13.5. The van der Waals surface area contributed by atoms with Gasteiger partial charge in [0.2, 0.25) is 0 Å². The van der Waals surface area contributed by atoms with E-state index in [1.807, 2.05) is 98.8 Å². The van der Waals surface area contributed by atoms with Gasteiger partial charge in [0.1, 0.15) is 5.75 Å². The zero-order valence-electron chi connectivity index (χ0n) is 17.8. The zero-order valence-corrected chi connectivity index (χ0v) is 18.6. The molecule has 3 aromatic carbocycles. The molecule has 0 radical (unpaired) electrons. The molecule has 31 heavy (non-hydrogen) atoms. The molecule has 1 fully saturated rings. The Kier molecular flexibility index (Phi) is 6.23. The molecular weight excluding hydrogens is 404 g/mol. The molecule has 0 unspecified atom stereocenters. The van der Waals surface area contributed by atoms with Gasteiger partial charge in [0, 0.05) is 0 Å². The highest BCUT2D eigenvalue weighted by atomic mass is 32.2. The summed E-state index contributed by atoms with van der Waals surface area (Å²) in [7, 11) is 1.65. The Bertz CT molecular complexity index is 1140. The Morgan fingerprint density at radius 1 is 1.00 bits per heavy atom. The van der Waals surface area contributed by atoms with E-state index < -0.39 is 0 Å². The van der Waals surface area contributed by atoms with Crippen LogP contribution in [0, 0.1) is 6.92 Å². The van der Waals surface area contributed by atoms with Gasteiger partial charge in [-0.25, -0.2) is 4.99 Å². The molecule has 3 aromatic rings. The SMILES string of the molecule is COc1ccc(/C=C2/SC(=Nc3ccccc3)N([C@@H](C)c3ccccc3)C2=O)c(C)c1. The van der Waals surface area contributed by atoms with Gasteiger partial charge >= 0.3 is 0 Å². The molecular formula is C26H24N2O2S. The molecule has 1 saturated heterocycles. The summed E-state index contributed by atoms with van der Waals surface area (Å²) >= 11 is 1.41. The van der Waals surface area contributed by atoms with Crippen LogP contribution >= 0.6 is 11.8 Å². The molecule has 1 aliphatic heterocycles. The highest BCUT2D eigenvalue weighted by molar-refractivity contribution is 8.18. The first kappa shape index (κ1) is 20.9. The molecule has 0 bridgehead atoms. The average molecular weight is 429 g/mol. The van der Waals surface area contributed by atoms with E-state index >= 15 is 0 Å². The Balaban J connectivity index is 1.74. The van der Waals surface area contributed by atoms with Crippen LogP contribution in [0.3, 0.4) is 0 Å². The van der Waals surface area contributed by atoms with Crippen molar-refractivity contribution in [2.45, 2.75) is 19.9 Å². The van der Waals surface area contributed by atoms with Crippen LogP contribution in [0.4, 0.5) is 5.69 Å². The summed E-state index contributed by atoms with van der Waals surface area (Å²) in [5, 5.41) is 0.685. The number of hydrogen-bond donors (Lipinski definition) is 0. The van der Waals surface area contributed by atoms with Gasteiger partial charge in [0.25, 0.3) is 5.91 Å². The Labute approximate surface area is 187 Å². The molecule has 1 amide bonds. The number of benzene rings is 3. The molecule has 0 aromatic heterocycles. The number of methoxy groups -OCH3 is 1. The second kappa shape index (κ2) is 9.23. The molecule has 4 nitrogen and oxygen atoms in total. The number of amides is 1. The van der Waals surface area contributed by atoms with Crippen LogP contribution in [0.1, 0.15) is 29.7 Å². The van der Waals surface area contributed by atoms with Crippen molar-refractivity contribution in [2.75, 3.05) is 7.11 Å². The third-order valence-electron chi connectivity index (χ3n) is 5.25. The predicted molar refractivity (Wildman–Crippen MR) is 129 cm³/mol.